The van der Waals surface area contributed by atoms with Gasteiger partial charge >= 0.3 is 0 Å². The van der Waals surface area contributed by atoms with Gasteiger partial charge in [-0.1, -0.05) is 48.5 Å². The molecule has 22 heavy (non-hydrogen) atoms. The Labute approximate surface area is 130 Å². The number of carbonyl (C=O) groups is 1. The third-order valence-electron chi connectivity index (χ3n) is 4.08. The smallest absolute Gasteiger partial charge is 0.254 e. The Morgan fingerprint density at radius 1 is 1.09 bits per heavy atom. The molecule has 0 aromatic heterocycles. The zero-order chi connectivity index (χ0) is 15.5. The highest BCUT2D eigenvalue weighted by Gasteiger charge is 2.33. The molecule has 2 aromatic carbocycles. The molecule has 2 aromatic rings. The topological polar surface area (TPSA) is 49.8 Å². The van der Waals surface area contributed by atoms with E-state index in [0.29, 0.717) is 12.2 Å². The van der Waals surface area contributed by atoms with E-state index in [1.54, 1.807) is 11.9 Å². The van der Waals surface area contributed by atoms with Gasteiger partial charge in [-0.3, -0.25) is 4.79 Å². The number of hydrogen-bond acceptors (Lipinski definition) is 3. The summed E-state index contributed by atoms with van der Waals surface area (Å²) in [6.07, 6.45) is -0.627. The maximum Gasteiger partial charge on any atom is 0.254 e. The van der Waals surface area contributed by atoms with Crippen molar-refractivity contribution in [3.8, 4) is 11.1 Å². The molecular weight excluding hydrogens is 278 g/mol. The van der Waals surface area contributed by atoms with Crippen molar-refractivity contribution in [2.24, 2.45) is 0 Å². The Bertz CT molecular complexity index is 656. The fourth-order valence-corrected chi connectivity index (χ4v) is 2.78. The number of likely N-dealkylation sites (N-methyl/N-ethyl adjacent to an activating group) is 1. The van der Waals surface area contributed by atoms with Gasteiger partial charge in [-0.05, 0) is 17.2 Å². The molecule has 0 spiro atoms. The number of amides is 1. The number of aliphatic hydroxyl groups is 1. The molecule has 0 unspecified atom stereocenters. The van der Waals surface area contributed by atoms with Crippen molar-refractivity contribution in [1.82, 2.24) is 4.90 Å². The largest absolute Gasteiger partial charge is 0.388 e. The summed E-state index contributed by atoms with van der Waals surface area (Å²) in [5.74, 6) is -0.103. The monoisotopic (exact) mass is 297 g/mol. The van der Waals surface area contributed by atoms with Gasteiger partial charge in [0.25, 0.3) is 5.91 Å². The molecular formula is C18H19NO3. The van der Waals surface area contributed by atoms with E-state index in [0.717, 1.165) is 11.1 Å². The van der Waals surface area contributed by atoms with Crippen LogP contribution in [0.3, 0.4) is 0 Å². The molecule has 1 aliphatic heterocycles. The summed E-state index contributed by atoms with van der Waals surface area (Å²) in [6.45, 7) is 0.652. The van der Waals surface area contributed by atoms with Crippen molar-refractivity contribution < 1.29 is 14.6 Å². The highest BCUT2D eigenvalue weighted by atomic mass is 16.5. The summed E-state index contributed by atoms with van der Waals surface area (Å²) in [7, 11) is 1.71. The molecule has 4 heteroatoms. The van der Waals surface area contributed by atoms with Crippen LogP contribution in [0, 0.1) is 0 Å². The highest BCUT2D eigenvalue weighted by Crippen LogP contribution is 2.25. The van der Waals surface area contributed by atoms with Gasteiger partial charge in [0, 0.05) is 12.6 Å². The first-order chi connectivity index (χ1) is 10.7. The fraction of sp³-hybridized carbons (Fsp3) is 0.278. The molecule has 114 valence electrons. The predicted octanol–water partition coefficient (Wildman–Crippen LogP) is 2.19. The van der Waals surface area contributed by atoms with Gasteiger partial charge in [0.2, 0.25) is 0 Å². The van der Waals surface area contributed by atoms with Crippen molar-refractivity contribution in [2.75, 3.05) is 20.3 Å². The lowest BCUT2D eigenvalue weighted by Gasteiger charge is -2.26. The van der Waals surface area contributed by atoms with Crippen LogP contribution in [0.2, 0.25) is 0 Å². The van der Waals surface area contributed by atoms with Gasteiger partial charge in [0.15, 0.2) is 0 Å². The Hall–Kier alpha value is -2.17. The normalized spacial score (nSPS) is 20.8. The van der Waals surface area contributed by atoms with E-state index >= 15 is 0 Å². The SMILES string of the molecule is CN(C(=O)c1ccccc1-c1ccccc1)[C@@H]1COC[C@H]1O. The van der Waals surface area contributed by atoms with Gasteiger partial charge in [-0.15, -0.1) is 0 Å². The van der Waals surface area contributed by atoms with Gasteiger partial charge < -0.3 is 14.7 Å². The lowest BCUT2D eigenvalue weighted by Crippen LogP contribution is -2.44. The standard InChI is InChI=1S/C18H19NO3/c1-19(16-11-22-12-17(16)20)18(21)15-10-6-5-9-14(15)13-7-3-2-4-8-13/h2-10,16-17,20H,11-12H2,1H3/t16-,17-/m1/s1. The van der Waals surface area contributed by atoms with Crippen molar-refractivity contribution in [1.29, 1.82) is 0 Å². The molecule has 0 radical (unpaired) electrons. The molecule has 1 heterocycles. The van der Waals surface area contributed by atoms with Crippen LogP contribution in [0.15, 0.2) is 54.6 Å². The van der Waals surface area contributed by atoms with E-state index < -0.39 is 6.10 Å². The molecule has 4 nitrogen and oxygen atoms in total. The number of ether oxygens (including phenoxy) is 1. The van der Waals surface area contributed by atoms with Gasteiger partial charge in [0.05, 0.1) is 25.4 Å². The van der Waals surface area contributed by atoms with Crippen LogP contribution in [0.25, 0.3) is 11.1 Å². The molecule has 1 aliphatic rings. The van der Waals surface area contributed by atoms with Crippen LogP contribution in [0.5, 0.6) is 0 Å². The van der Waals surface area contributed by atoms with Crippen molar-refractivity contribution in [2.45, 2.75) is 12.1 Å². The van der Waals surface area contributed by atoms with Crippen LogP contribution in [0.4, 0.5) is 0 Å². The van der Waals surface area contributed by atoms with Crippen LogP contribution in [0.1, 0.15) is 10.4 Å². The third kappa shape index (κ3) is 2.75. The van der Waals surface area contributed by atoms with E-state index in [1.807, 2.05) is 54.6 Å². The third-order valence-corrected chi connectivity index (χ3v) is 4.08. The second kappa shape index (κ2) is 6.30. The first-order valence-corrected chi connectivity index (χ1v) is 7.36. The molecule has 1 fully saturated rings. The van der Waals surface area contributed by atoms with E-state index in [4.69, 9.17) is 4.74 Å². The second-order valence-corrected chi connectivity index (χ2v) is 5.50. The van der Waals surface area contributed by atoms with Gasteiger partial charge in [-0.25, -0.2) is 0 Å². The average Bonchev–Trinajstić information content (AvgIpc) is 3.00. The zero-order valence-electron chi connectivity index (χ0n) is 12.5. The zero-order valence-corrected chi connectivity index (χ0v) is 12.5. The molecule has 0 bridgehead atoms. The summed E-state index contributed by atoms with van der Waals surface area (Å²) in [4.78, 5) is 14.4. The van der Waals surface area contributed by atoms with Crippen molar-refractivity contribution in [3.05, 3.63) is 60.2 Å². The molecule has 0 saturated carbocycles. The lowest BCUT2D eigenvalue weighted by molar-refractivity contribution is 0.0582. The predicted molar refractivity (Wildman–Crippen MR) is 84.6 cm³/mol. The first-order valence-electron chi connectivity index (χ1n) is 7.36. The minimum Gasteiger partial charge on any atom is -0.388 e. The summed E-state index contributed by atoms with van der Waals surface area (Å²) in [5, 5.41) is 9.92. The molecule has 1 N–H and O–H groups in total. The Morgan fingerprint density at radius 3 is 2.45 bits per heavy atom. The minimum atomic E-state index is -0.627. The summed E-state index contributed by atoms with van der Waals surface area (Å²) < 4.78 is 5.25. The van der Waals surface area contributed by atoms with Crippen LogP contribution < -0.4 is 0 Å². The lowest BCUT2D eigenvalue weighted by atomic mass is 9.98. The molecule has 1 saturated heterocycles. The van der Waals surface area contributed by atoms with E-state index in [2.05, 4.69) is 0 Å². The average molecular weight is 297 g/mol. The Balaban J connectivity index is 1.93. The number of nitrogens with zero attached hydrogens (tertiary/aromatic N) is 1. The maximum absolute atomic E-state index is 12.8. The number of rotatable bonds is 3. The molecule has 3 rings (SSSR count). The maximum atomic E-state index is 12.8. The first kappa shape index (κ1) is 14.8. The van der Waals surface area contributed by atoms with E-state index in [9.17, 15) is 9.90 Å². The Kier molecular flexibility index (Phi) is 4.22. The van der Waals surface area contributed by atoms with Crippen LogP contribution in [-0.4, -0.2) is 48.3 Å². The summed E-state index contributed by atoms with van der Waals surface area (Å²) in [6, 6.07) is 17.1. The van der Waals surface area contributed by atoms with Gasteiger partial charge in [-0.2, -0.15) is 0 Å². The quantitative estimate of drug-likeness (QED) is 0.945. The Morgan fingerprint density at radius 2 is 1.77 bits per heavy atom. The summed E-state index contributed by atoms with van der Waals surface area (Å²) >= 11 is 0. The number of hydrogen-bond donors (Lipinski definition) is 1. The molecule has 1 amide bonds. The molecule has 0 aliphatic carbocycles. The highest BCUT2D eigenvalue weighted by molar-refractivity contribution is 6.01. The summed E-state index contributed by atoms with van der Waals surface area (Å²) in [5.41, 5.74) is 2.53. The number of benzene rings is 2. The van der Waals surface area contributed by atoms with Crippen LogP contribution in [-0.2, 0) is 4.74 Å². The van der Waals surface area contributed by atoms with Crippen molar-refractivity contribution >= 4 is 5.91 Å². The van der Waals surface area contributed by atoms with Crippen molar-refractivity contribution in [3.63, 3.8) is 0 Å². The number of carbonyl (C=O) groups excluding carboxylic acids is 1. The molecule has 2 atom stereocenters. The van der Waals surface area contributed by atoms with E-state index in [1.165, 1.54) is 0 Å². The minimum absolute atomic E-state index is 0.103. The van der Waals surface area contributed by atoms with Crippen LogP contribution >= 0.6 is 0 Å². The number of aliphatic hydroxyl groups excluding tert-OH is 1. The second-order valence-electron chi connectivity index (χ2n) is 5.50. The fourth-order valence-electron chi connectivity index (χ4n) is 2.78. The van der Waals surface area contributed by atoms with Gasteiger partial charge in [0.1, 0.15) is 0 Å². The van der Waals surface area contributed by atoms with E-state index in [-0.39, 0.29) is 18.6 Å².